The van der Waals surface area contributed by atoms with E-state index >= 15 is 0 Å². The van der Waals surface area contributed by atoms with Gasteiger partial charge in [0, 0.05) is 44.5 Å². The molecule has 7 heteroatoms. The van der Waals surface area contributed by atoms with Crippen molar-refractivity contribution in [3.8, 4) is 5.75 Å². The van der Waals surface area contributed by atoms with Crippen LogP contribution in [0.15, 0.2) is 42.6 Å². The lowest BCUT2D eigenvalue weighted by Crippen LogP contribution is -2.45. The predicted molar refractivity (Wildman–Crippen MR) is 119 cm³/mol. The molecule has 31 heavy (non-hydrogen) atoms. The first kappa shape index (κ1) is 21.6. The van der Waals surface area contributed by atoms with Crippen molar-refractivity contribution in [2.75, 3.05) is 57.6 Å². The van der Waals surface area contributed by atoms with Crippen LogP contribution in [0.25, 0.3) is 0 Å². The van der Waals surface area contributed by atoms with Crippen molar-refractivity contribution in [3.63, 3.8) is 0 Å². The van der Waals surface area contributed by atoms with Crippen molar-refractivity contribution in [3.05, 3.63) is 53.7 Å². The summed E-state index contributed by atoms with van der Waals surface area (Å²) >= 11 is 0. The lowest BCUT2D eigenvalue weighted by molar-refractivity contribution is 0.0487. The van der Waals surface area contributed by atoms with Crippen molar-refractivity contribution in [2.45, 2.75) is 25.2 Å². The van der Waals surface area contributed by atoms with E-state index in [1.807, 2.05) is 31.2 Å². The fraction of sp³-hybridized carbons (Fsp3) is 0.500. The predicted octanol–water partition coefficient (Wildman–Crippen LogP) is 2.80. The van der Waals surface area contributed by atoms with E-state index in [9.17, 15) is 4.79 Å². The van der Waals surface area contributed by atoms with Crippen LogP contribution in [0.4, 0.5) is 5.82 Å². The number of morpholine rings is 1. The van der Waals surface area contributed by atoms with Crippen molar-refractivity contribution in [2.24, 2.45) is 0 Å². The first-order valence-corrected chi connectivity index (χ1v) is 11.1. The quantitative estimate of drug-likeness (QED) is 0.736. The Balaban J connectivity index is 1.51. The Morgan fingerprint density at radius 2 is 1.81 bits per heavy atom. The summed E-state index contributed by atoms with van der Waals surface area (Å²) in [7, 11) is 0. The van der Waals surface area contributed by atoms with E-state index in [2.05, 4.69) is 27.3 Å². The molecule has 1 aromatic heterocycles. The molecule has 2 aliphatic rings. The van der Waals surface area contributed by atoms with E-state index in [1.165, 1.54) is 5.56 Å². The van der Waals surface area contributed by atoms with E-state index in [1.54, 1.807) is 6.20 Å². The molecule has 2 fully saturated rings. The third kappa shape index (κ3) is 4.99. The lowest BCUT2D eigenvalue weighted by Gasteiger charge is -2.38. The normalized spacial score (nSPS) is 18.4. The van der Waals surface area contributed by atoms with E-state index in [-0.39, 0.29) is 11.3 Å². The number of hydrogen-bond donors (Lipinski definition) is 1. The number of aromatic nitrogens is 1. The lowest BCUT2D eigenvalue weighted by atomic mass is 9.74. The molecule has 2 aliphatic heterocycles. The summed E-state index contributed by atoms with van der Waals surface area (Å²) in [4.78, 5) is 19.8. The molecule has 0 spiro atoms. The standard InChI is InChI=1S/C24H31N3O4/c1-2-31-20-7-5-19(6-8-20)24(9-14-29-15-10-24)18-26-23(28)21-4-3-11-25-22(21)27-12-16-30-17-13-27/h3-8,11H,2,9-10,12-18H2,1H3,(H,26,28). The number of nitrogens with one attached hydrogen (secondary N) is 1. The Hall–Kier alpha value is -2.64. The highest BCUT2D eigenvalue weighted by molar-refractivity contribution is 5.99. The average molecular weight is 426 g/mol. The molecule has 1 N–H and O–H groups in total. The van der Waals surface area contributed by atoms with Gasteiger partial charge in [-0.2, -0.15) is 0 Å². The SMILES string of the molecule is CCOc1ccc(C2(CNC(=O)c3cccnc3N3CCOCC3)CCOCC2)cc1. The number of hydrogen-bond acceptors (Lipinski definition) is 6. The van der Waals surface area contributed by atoms with Crippen molar-refractivity contribution >= 4 is 11.7 Å². The molecule has 0 unspecified atom stereocenters. The number of carbonyl (C=O) groups is 1. The summed E-state index contributed by atoms with van der Waals surface area (Å²) in [6.45, 7) is 7.34. The highest BCUT2D eigenvalue weighted by atomic mass is 16.5. The van der Waals surface area contributed by atoms with Gasteiger partial charge < -0.3 is 24.4 Å². The van der Waals surface area contributed by atoms with Crippen LogP contribution in [0, 0.1) is 0 Å². The number of benzene rings is 1. The van der Waals surface area contributed by atoms with Gasteiger partial charge in [-0.25, -0.2) is 4.98 Å². The summed E-state index contributed by atoms with van der Waals surface area (Å²) in [5, 5.41) is 3.20. The highest BCUT2D eigenvalue weighted by Gasteiger charge is 2.35. The second-order valence-corrected chi connectivity index (χ2v) is 8.01. The molecule has 1 amide bonds. The van der Waals surface area contributed by atoms with E-state index in [4.69, 9.17) is 14.2 Å². The van der Waals surface area contributed by atoms with Gasteiger partial charge in [0.05, 0.1) is 25.4 Å². The van der Waals surface area contributed by atoms with Crippen LogP contribution in [-0.4, -0.2) is 63.6 Å². The van der Waals surface area contributed by atoms with Crippen molar-refractivity contribution in [1.29, 1.82) is 0 Å². The number of pyridine rings is 1. The Bertz CT molecular complexity index is 859. The third-order valence-corrected chi connectivity index (χ3v) is 6.16. The molecule has 2 aromatic rings. The minimum atomic E-state index is -0.153. The smallest absolute Gasteiger partial charge is 0.255 e. The van der Waals surface area contributed by atoms with Gasteiger partial charge in [-0.05, 0) is 49.6 Å². The number of ether oxygens (including phenoxy) is 3. The van der Waals surface area contributed by atoms with Crippen LogP contribution in [0.5, 0.6) is 5.75 Å². The molecule has 0 bridgehead atoms. The fourth-order valence-electron chi connectivity index (χ4n) is 4.35. The molecule has 0 radical (unpaired) electrons. The Morgan fingerprint density at radius 1 is 1.10 bits per heavy atom. The summed E-state index contributed by atoms with van der Waals surface area (Å²) in [6.07, 6.45) is 3.47. The molecule has 7 nitrogen and oxygen atoms in total. The van der Waals surface area contributed by atoms with Crippen LogP contribution in [-0.2, 0) is 14.9 Å². The number of amides is 1. The summed E-state index contributed by atoms with van der Waals surface area (Å²) < 4.78 is 16.7. The fourth-order valence-corrected chi connectivity index (χ4v) is 4.35. The second-order valence-electron chi connectivity index (χ2n) is 8.01. The minimum Gasteiger partial charge on any atom is -0.494 e. The van der Waals surface area contributed by atoms with E-state index < -0.39 is 0 Å². The van der Waals surface area contributed by atoms with Gasteiger partial charge in [0.15, 0.2) is 0 Å². The summed E-state index contributed by atoms with van der Waals surface area (Å²) in [6, 6.07) is 11.9. The van der Waals surface area contributed by atoms with Crippen LogP contribution in [0.2, 0.25) is 0 Å². The molecule has 0 aliphatic carbocycles. The van der Waals surface area contributed by atoms with E-state index in [0.29, 0.717) is 45.1 Å². The minimum absolute atomic E-state index is 0.0913. The molecule has 2 saturated heterocycles. The van der Waals surface area contributed by atoms with Crippen LogP contribution < -0.4 is 15.0 Å². The number of rotatable bonds is 7. The van der Waals surface area contributed by atoms with E-state index in [0.717, 1.165) is 37.5 Å². The van der Waals surface area contributed by atoms with Gasteiger partial charge in [0.25, 0.3) is 5.91 Å². The average Bonchev–Trinajstić information content (AvgIpc) is 2.84. The summed E-state index contributed by atoms with van der Waals surface area (Å²) in [5.41, 5.74) is 1.66. The molecule has 166 valence electrons. The van der Waals surface area contributed by atoms with Gasteiger partial charge in [0.2, 0.25) is 0 Å². The maximum absolute atomic E-state index is 13.2. The highest BCUT2D eigenvalue weighted by Crippen LogP contribution is 2.35. The largest absolute Gasteiger partial charge is 0.494 e. The molecular weight excluding hydrogens is 394 g/mol. The first-order valence-electron chi connectivity index (χ1n) is 11.1. The maximum Gasteiger partial charge on any atom is 0.255 e. The molecule has 0 saturated carbocycles. The zero-order chi connectivity index (χ0) is 21.5. The molecule has 4 rings (SSSR count). The Kier molecular flexibility index (Phi) is 7.04. The number of nitrogens with zero attached hydrogens (tertiary/aromatic N) is 2. The topological polar surface area (TPSA) is 72.9 Å². The monoisotopic (exact) mass is 425 g/mol. The zero-order valence-corrected chi connectivity index (χ0v) is 18.1. The van der Waals surface area contributed by atoms with Gasteiger partial charge in [0.1, 0.15) is 11.6 Å². The molecule has 0 atom stereocenters. The second kappa shape index (κ2) is 10.1. The molecule has 1 aromatic carbocycles. The Labute approximate surface area is 183 Å². The van der Waals surface area contributed by atoms with Gasteiger partial charge in [-0.1, -0.05) is 12.1 Å². The number of carbonyl (C=O) groups excluding carboxylic acids is 1. The number of anilines is 1. The van der Waals surface area contributed by atoms with Crippen LogP contribution >= 0.6 is 0 Å². The van der Waals surface area contributed by atoms with Crippen LogP contribution in [0.1, 0.15) is 35.7 Å². The van der Waals surface area contributed by atoms with Gasteiger partial charge >= 0.3 is 0 Å². The van der Waals surface area contributed by atoms with Gasteiger partial charge in [-0.15, -0.1) is 0 Å². The zero-order valence-electron chi connectivity index (χ0n) is 18.1. The third-order valence-electron chi connectivity index (χ3n) is 6.16. The van der Waals surface area contributed by atoms with Crippen molar-refractivity contribution < 1.29 is 19.0 Å². The molecule has 3 heterocycles. The first-order chi connectivity index (χ1) is 15.2. The molecular formula is C24H31N3O4. The summed E-state index contributed by atoms with van der Waals surface area (Å²) in [5.74, 6) is 1.50. The Morgan fingerprint density at radius 3 is 2.52 bits per heavy atom. The van der Waals surface area contributed by atoms with Crippen LogP contribution in [0.3, 0.4) is 0 Å². The maximum atomic E-state index is 13.2. The van der Waals surface area contributed by atoms with Gasteiger partial charge in [-0.3, -0.25) is 4.79 Å². The van der Waals surface area contributed by atoms with Crippen molar-refractivity contribution in [1.82, 2.24) is 10.3 Å².